The Morgan fingerprint density at radius 3 is 2.55 bits per heavy atom. The van der Waals surface area contributed by atoms with Gasteiger partial charge in [0.05, 0.1) is 24.2 Å². The predicted octanol–water partition coefficient (Wildman–Crippen LogP) is 3.89. The fraction of sp³-hybridized carbons (Fsp3) is 0.381. The second-order valence-corrected chi connectivity index (χ2v) is 7.83. The van der Waals surface area contributed by atoms with Gasteiger partial charge in [0, 0.05) is 35.9 Å². The number of imidazole rings is 1. The standard InChI is InChI=1S/C21H21ClF3N3O3/c1-12-13(3-2-4-16(12)22)11-28-17-10-14(27-5-7-31-8-6-27)9-15(19(29)30)18(17)26-20(28)21(23,24)25/h2-4,9-10,19,29-30H,5-8,11H2,1H3. The van der Waals surface area contributed by atoms with Gasteiger partial charge in [-0.25, -0.2) is 4.98 Å². The molecular weight excluding hydrogens is 435 g/mol. The molecule has 166 valence electrons. The van der Waals surface area contributed by atoms with Crippen molar-refractivity contribution >= 4 is 28.3 Å². The number of rotatable bonds is 4. The van der Waals surface area contributed by atoms with Gasteiger partial charge in [0.15, 0.2) is 6.29 Å². The van der Waals surface area contributed by atoms with Crippen molar-refractivity contribution in [1.29, 1.82) is 0 Å². The summed E-state index contributed by atoms with van der Waals surface area (Å²) in [5, 5.41) is 20.2. The van der Waals surface area contributed by atoms with E-state index in [9.17, 15) is 23.4 Å². The van der Waals surface area contributed by atoms with Crippen LogP contribution in [0.5, 0.6) is 0 Å². The van der Waals surface area contributed by atoms with E-state index in [1.54, 1.807) is 31.2 Å². The first-order valence-corrected chi connectivity index (χ1v) is 10.1. The van der Waals surface area contributed by atoms with Crippen LogP contribution >= 0.6 is 11.6 Å². The van der Waals surface area contributed by atoms with E-state index in [0.717, 1.165) is 4.57 Å². The number of aliphatic hydroxyl groups is 2. The Morgan fingerprint density at radius 1 is 1.19 bits per heavy atom. The lowest BCUT2D eigenvalue weighted by atomic mass is 10.1. The zero-order valence-electron chi connectivity index (χ0n) is 16.7. The van der Waals surface area contributed by atoms with Crippen LogP contribution in [0.15, 0.2) is 30.3 Å². The second kappa shape index (κ2) is 8.31. The fourth-order valence-corrected chi connectivity index (χ4v) is 4.00. The first-order chi connectivity index (χ1) is 14.7. The Morgan fingerprint density at radius 2 is 1.90 bits per heavy atom. The molecule has 0 spiro atoms. The normalized spacial score (nSPS) is 15.3. The molecule has 0 amide bonds. The lowest BCUT2D eigenvalue weighted by Gasteiger charge is -2.29. The van der Waals surface area contributed by atoms with Crippen molar-refractivity contribution in [1.82, 2.24) is 9.55 Å². The minimum atomic E-state index is -4.73. The van der Waals surface area contributed by atoms with Gasteiger partial charge in [-0.05, 0) is 36.2 Å². The SMILES string of the molecule is Cc1c(Cl)cccc1Cn1c(C(F)(F)F)nc2c(C(O)O)cc(N3CCOCC3)cc21. The zero-order chi connectivity index (χ0) is 22.3. The zero-order valence-corrected chi connectivity index (χ0v) is 17.4. The van der Waals surface area contributed by atoms with Crippen LogP contribution in [0.25, 0.3) is 11.0 Å². The number of anilines is 1. The highest BCUT2D eigenvalue weighted by atomic mass is 35.5. The van der Waals surface area contributed by atoms with Crippen LogP contribution in [0.3, 0.4) is 0 Å². The van der Waals surface area contributed by atoms with E-state index < -0.39 is 18.3 Å². The molecule has 1 saturated heterocycles. The molecule has 0 bridgehead atoms. The third-order valence-electron chi connectivity index (χ3n) is 5.48. The maximum absolute atomic E-state index is 13.9. The summed E-state index contributed by atoms with van der Waals surface area (Å²) in [6, 6.07) is 8.14. The van der Waals surface area contributed by atoms with E-state index in [0.29, 0.717) is 48.1 Å². The number of hydrogen-bond acceptors (Lipinski definition) is 5. The third kappa shape index (κ3) is 4.23. The van der Waals surface area contributed by atoms with Gasteiger partial charge < -0.3 is 24.4 Å². The molecule has 0 radical (unpaired) electrons. The minimum Gasteiger partial charge on any atom is -0.378 e. The number of benzene rings is 2. The summed E-state index contributed by atoms with van der Waals surface area (Å²) in [5.41, 5.74) is 1.85. The fourth-order valence-electron chi connectivity index (χ4n) is 3.80. The predicted molar refractivity (Wildman–Crippen MR) is 110 cm³/mol. The summed E-state index contributed by atoms with van der Waals surface area (Å²) in [4.78, 5) is 5.72. The van der Waals surface area contributed by atoms with Crippen LogP contribution < -0.4 is 4.90 Å². The number of fused-ring (bicyclic) bond motifs is 1. The van der Waals surface area contributed by atoms with Crippen molar-refractivity contribution < 1.29 is 28.1 Å². The van der Waals surface area contributed by atoms with Crippen molar-refractivity contribution in [3.8, 4) is 0 Å². The Hall–Kier alpha value is -2.33. The molecule has 0 unspecified atom stereocenters. The van der Waals surface area contributed by atoms with Crippen LogP contribution in [-0.4, -0.2) is 46.1 Å². The molecule has 0 aliphatic carbocycles. The summed E-state index contributed by atoms with van der Waals surface area (Å²) in [5.74, 6) is -1.11. The summed E-state index contributed by atoms with van der Waals surface area (Å²) in [6.07, 6.45) is -6.71. The van der Waals surface area contributed by atoms with Gasteiger partial charge in [-0.2, -0.15) is 13.2 Å². The molecule has 2 aromatic carbocycles. The van der Waals surface area contributed by atoms with Crippen molar-refractivity contribution in [3.05, 3.63) is 57.9 Å². The Bertz CT molecular complexity index is 1110. The molecular formula is C21H21ClF3N3O3. The Balaban J connectivity index is 1.95. The number of ether oxygens (including phenoxy) is 1. The van der Waals surface area contributed by atoms with Gasteiger partial charge in [-0.15, -0.1) is 0 Å². The highest BCUT2D eigenvalue weighted by Crippen LogP contribution is 2.37. The van der Waals surface area contributed by atoms with E-state index in [1.807, 2.05) is 4.90 Å². The van der Waals surface area contributed by atoms with E-state index >= 15 is 0 Å². The molecule has 31 heavy (non-hydrogen) atoms. The molecule has 10 heteroatoms. The van der Waals surface area contributed by atoms with E-state index in [-0.39, 0.29) is 23.1 Å². The molecule has 6 nitrogen and oxygen atoms in total. The van der Waals surface area contributed by atoms with Crippen LogP contribution in [0.4, 0.5) is 18.9 Å². The maximum atomic E-state index is 13.9. The molecule has 1 aliphatic heterocycles. The summed E-state index contributed by atoms with van der Waals surface area (Å²) >= 11 is 6.16. The van der Waals surface area contributed by atoms with Crippen molar-refractivity contribution in [2.24, 2.45) is 0 Å². The molecule has 2 N–H and O–H groups in total. The average molecular weight is 456 g/mol. The molecule has 4 rings (SSSR count). The highest BCUT2D eigenvalue weighted by molar-refractivity contribution is 6.31. The molecule has 3 aromatic rings. The van der Waals surface area contributed by atoms with Crippen molar-refractivity contribution in [2.75, 3.05) is 31.2 Å². The highest BCUT2D eigenvalue weighted by Gasteiger charge is 2.38. The van der Waals surface area contributed by atoms with Gasteiger partial charge in [0.25, 0.3) is 0 Å². The number of nitrogens with zero attached hydrogens (tertiary/aromatic N) is 3. The van der Waals surface area contributed by atoms with Crippen molar-refractivity contribution in [3.63, 3.8) is 0 Å². The van der Waals surface area contributed by atoms with Gasteiger partial charge in [0.2, 0.25) is 5.82 Å². The minimum absolute atomic E-state index is 0.0777. The van der Waals surface area contributed by atoms with Gasteiger partial charge >= 0.3 is 6.18 Å². The van der Waals surface area contributed by atoms with E-state index in [1.165, 1.54) is 6.07 Å². The van der Waals surface area contributed by atoms with Crippen LogP contribution in [0, 0.1) is 6.92 Å². The molecule has 0 saturated carbocycles. The Labute approximate surface area is 181 Å². The number of hydrogen-bond donors (Lipinski definition) is 2. The lowest BCUT2D eigenvalue weighted by Crippen LogP contribution is -2.36. The molecule has 0 atom stereocenters. The monoisotopic (exact) mass is 455 g/mol. The lowest BCUT2D eigenvalue weighted by molar-refractivity contribution is -0.146. The Kier molecular flexibility index (Phi) is 5.87. The molecule has 1 fully saturated rings. The van der Waals surface area contributed by atoms with Crippen molar-refractivity contribution in [2.45, 2.75) is 25.9 Å². The quantitative estimate of drug-likeness (QED) is 0.584. The third-order valence-corrected chi connectivity index (χ3v) is 5.89. The summed E-state index contributed by atoms with van der Waals surface area (Å²) in [7, 11) is 0. The first-order valence-electron chi connectivity index (χ1n) is 9.71. The van der Waals surface area contributed by atoms with Gasteiger partial charge in [-0.3, -0.25) is 0 Å². The number of aliphatic hydroxyl groups excluding tert-OH is 1. The molecule has 1 aromatic heterocycles. The van der Waals surface area contributed by atoms with Gasteiger partial charge in [-0.1, -0.05) is 23.7 Å². The molecule has 2 heterocycles. The molecule has 1 aliphatic rings. The van der Waals surface area contributed by atoms with E-state index in [2.05, 4.69) is 4.98 Å². The second-order valence-electron chi connectivity index (χ2n) is 7.42. The topological polar surface area (TPSA) is 70.8 Å². The van der Waals surface area contributed by atoms with Crippen LogP contribution in [-0.2, 0) is 17.5 Å². The maximum Gasteiger partial charge on any atom is 0.449 e. The largest absolute Gasteiger partial charge is 0.449 e. The van der Waals surface area contributed by atoms with E-state index in [4.69, 9.17) is 16.3 Å². The number of morpholine rings is 1. The summed E-state index contributed by atoms with van der Waals surface area (Å²) in [6.45, 7) is 3.66. The van der Waals surface area contributed by atoms with Crippen LogP contribution in [0.2, 0.25) is 5.02 Å². The number of alkyl halides is 3. The first kappa shape index (κ1) is 21.9. The number of halogens is 4. The number of aromatic nitrogens is 2. The average Bonchev–Trinajstić information content (AvgIpc) is 3.10. The smallest absolute Gasteiger partial charge is 0.378 e. The van der Waals surface area contributed by atoms with Gasteiger partial charge in [0.1, 0.15) is 0 Å². The van der Waals surface area contributed by atoms with Crippen LogP contribution in [0.1, 0.15) is 28.8 Å². The summed E-state index contributed by atoms with van der Waals surface area (Å²) < 4.78 is 48.1.